The first-order valence-corrected chi connectivity index (χ1v) is 24.6. The van der Waals surface area contributed by atoms with Crippen molar-refractivity contribution in [1.82, 2.24) is 41.8 Å². The molecule has 0 radical (unpaired) electrons. The van der Waals surface area contributed by atoms with E-state index in [4.69, 9.17) is 10.7 Å². The Kier molecular flexibility index (Phi) is 18.7. The number of nitrogens with two attached hydrogens (primary N) is 1. The van der Waals surface area contributed by atoms with Crippen molar-refractivity contribution in [3.8, 4) is 5.75 Å². The van der Waals surface area contributed by atoms with Crippen LogP contribution in [0.2, 0.25) is 0 Å². The molecule has 5 rings (SSSR count). The first-order chi connectivity index (χ1) is 31.8. The van der Waals surface area contributed by atoms with E-state index in [0.29, 0.717) is 29.9 Å². The highest BCUT2D eigenvalue weighted by Gasteiger charge is 2.41. The van der Waals surface area contributed by atoms with Gasteiger partial charge in [-0.15, -0.1) is 23.1 Å². The van der Waals surface area contributed by atoms with Crippen LogP contribution in [0.5, 0.6) is 5.75 Å². The van der Waals surface area contributed by atoms with E-state index in [0.717, 1.165) is 11.3 Å². The first-order valence-electron chi connectivity index (χ1n) is 22.7. The zero-order valence-corrected chi connectivity index (χ0v) is 40.3. The smallest absolute Gasteiger partial charge is 0.271 e. The molecule has 0 saturated carbocycles. The Hall–Kier alpha value is -5.61. The average Bonchev–Trinajstić information content (AvgIpc) is 4.08. The molecule has 1 aromatic heterocycles. The van der Waals surface area contributed by atoms with Gasteiger partial charge in [-0.2, -0.15) is 0 Å². The molecule has 22 heteroatoms. The van der Waals surface area contributed by atoms with E-state index in [9.17, 15) is 48.6 Å². The number of rotatable bonds is 11. The maximum absolute atomic E-state index is 14.4. The fraction of sp³-hybridized carbons (Fsp3) is 0.600. The lowest BCUT2D eigenvalue weighted by Gasteiger charge is -2.29. The Labute approximate surface area is 398 Å². The largest absolute Gasteiger partial charge is 0.508 e. The van der Waals surface area contributed by atoms with Crippen LogP contribution in [0.4, 0.5) is 0 Å². The van der Waals surface area contributed by atoms with Gasteiger partial charge in [-0.25, -0.2) is 4.98 Å². The van der Waals surface area contributed by atoms with Gasteiger partial charge in [0.05, 0.1) is 30.2 Å². The molecule has 0 unspecified atom stereocenters. The number of aromatic nitrogens is 1. The third-order valence-corrected chi connectivity index (χ3v) is 14.0. The van der Waals surface area contributed by atoms with E-state index in [1.807, 2.05) is 41.5 Å². The Morgan fingerprint density at radius 2 is 1.43 bits per heavy atom. The lowest BCUT2D eigenvalue weighted by molar-refractivity contribution is -0.141. The molecule has 4 heterocycles. The number of thiazole rings is 1. The minimum Gasteiger partial charge on any atom is -0.508 e. The number of primary amides is 1. The zero-order chi connectivity index (χ0) is 49.1. The minimum absolute atomic E-state index is 0.0237. The molecule has 1 saturated heterocycles. The Morgan fingerprint density at radius 1 is 0.806 bits per heavy atom. The predicted molar refractivity (Wildman–Crippen MR) is 251 cm³/mol. The van der Waals surface area contributed by atoms with Gasteiger partial charge in [-0.3, -0.25) is 43.3 Å². The van der Waals surface area contributed by atoms with E-state index in [1.165, 1.54) is 34.2 Å². The summed E-state index contributed by atoms with van der Waals surface area (Å²) in [6, 6.07) is -2.41. The number of nitrogens with one attached hydrogen (secondary N) is 6. The van der Waals surface area contributed by atoms with Gasteiger partial charge in [0.15, 0.2) is 0 Å². The van der Waals surface area contributed by atoms with Gasteiger partial charge in [0.25, 0.3) is 5.91 Å². The molecule has 4 bridgehead atoms. The van der Waals surface area contributed by atoms with E-state index in [2.05, 4.69) is 36.9 Å². The van der Waals surface area contributed by atoms with Gasteiger partial charge >= 0.3 is 0 Å². The van der Waals surface area contributed by atoms with E-state index < -0.39 is 109 Å². The average molecular weight is 969 g/mol. The highest BCUT2D eigenvalue weighted by Crippen LogP contribution is 2.27. The first kappa shape index (κ1) is 52.4. The van der Waals surface area contributed by atoms with E-state index >= 15 is 0 Å². The molecule has 3 aliphatic heterocycles. The van der Waals surface area contributed by atoms with Crippen LogP contribution < -0.4 is 37.6 Å². The second kappa shape index (κ2) is 23.9. The summed E-state index contributed by atoms with van der Waals surface area (Å²) < 4.78 is 0. The Morgan fingerprint density at radius 3 is 2.07 bits per heavy atom. The number of aliphatic imine (C=N–C) groups is 1. The zero-order valence-electron chi connectivity index (χ0n) is 38.7. The molecule has 3 aliphatic rings. The van der Waals surface area contributed by atoms with Crippen LogP contribution in [0.25, 0.3) is 0 Å². The molecule has 10 N–H and O–H groups in total. The summed E-state index contributed by atoms with van der Waals surface area (Å²) >= 11 is 2.31. The van der Waals surface area contributed by atoms with Gasteiger partial charge in [-0.05, 0) is 67.6 Å². The van der Waals surface area contributed by atoms with Crippen molar-refractivity contribution in [1.29, 1.82) is 0 Å². The summed E-state index contributed by atoms with van der Waals surface area (Å²) in [6.07, 6.45) is 1.21. The van der Waals surface area contributed by atoms with Gasteiger partial charge in [0.1, 0.15) is 52.7 Å². The number of amides is 8. The third-order valence-electron chi connectivity index (χ3n) is 11.8. The van der Waals surface area contributed by atoms with Gasteiger partial charge in [0.2, 0.25) is 41.4 Å². The van der Waals surface area contributed by atoms with Crippen molar-refractivity contribution in [2.75, 3.05) is 18.9 Å². The number of nitrogens with zero attached hydrogens (tertiary/aromatic N) is 3. The number of aliphatic hydroxyl groups excluding tert-OH is 1. The topological polar surface area (TPSA) is 304 Å². The quantitative estimate of drug-likeness (QED) is 0.151. The molecule has 67 heavy (non-hydrogen) atoms. The number of carbonyl (C=O) groups excluding carboxylic acids is 8. The van der Waals surface area contributed by atoms with Crippen molar-refractivity contribution >= 4 is 75.4 Å². The number of hydrogen-bond donors (Lipinski definition) is 9. The van der Waals surface area contributed by atoms with E-state index in [1.54, 1.807) is 12.1 Å². The number of carbonyl (C=O) groups is 8. The Bertz CT molecular complexity index is 2170. The normalized spacial score (nSPS) is 26.7. The summed E-state index contributed by atoms with van der Waals surface area (Å²) in [5.74, 6) is -5.83. The number of aromatic hydroxyl groups is 1. The summed E-state index contributed by atoms with van der Waals surface area (Å²) in [5, 5.41) is 39.2. The summed E-state index contributed by atoms with van der Waals surface area (Å²) in [7, 11) is 0. The lowest BCUT2D eigenvalue weighted by atomic mass is 9.96. The number of phenolic OH excluding ortho intramolecular Hbond substituents is 1. The standard InChI is InChI=1S/C45H64N10O10S2/c1-7-24(6)36-42(64)47-27(15-22(2)3)37(59)49-29(17-25-10-12-26(57)13-11-25)44-52-32(20-67-44)39(61)50-30(18-35(46)58)45(65)55-14-8-9-34(55)41(63)51-31(19-56)38(60)48-28(16-23(4)5)43-53-33(21-66-43)40(62)54-36/h10-13,20,22-24,27-31,33-34,36,56-57H,7-9,14-19,21H2,1-6H3,(H2,46,58)(H,47,64)(H,48,60)(H,49,59)(H,50,61)(H,51,63)(H,54,62)/t24-,27-,28-,29-,30-,31-,33-,34-,36-/m0/s1. The summed E-state index contributed by atoms with van der Waals surface area (Å²) in [4.78, 5) is 121. The molecule has 1 aromatic carbocycles. The van der Waals surface area contributed by atoms with Crippen molar-refractivity contribution in [2.45, 2.75) is 135 Å². The third kappa shape index (κ3) is 14.2. The number of benzene rings is 1. The molecule has 366 valence electrons. The van der Waals surface area contributed by atoms with Crippen LogP contribution in [0, 0.1) is 17.8 Å². The fourth-order valence-electron chi connectivity index (χ4n) is 8.09. The van der Waals surface area contributed by atoms with Crippen LogP contribution in [-0.2, 0) is 40.0 Å². The van der Waals surface area contributed by atoms with Crippen LogP contribution in [-0.4, -0.2) is 134 Å². The summed E-state index contributed by atoms with van der Waals surface area (Å²) in [6.45, 7) is 10.6. The van der Waals surface area contributed by atoms with Crippen LogP contribution >= 0.6 is 23.1 Å². The second-order valence-corrected chi connectivity index (χ2v) is 20.1. The minimum atomic E-state index is -1.51. The number of fused-ring (bicyclic) bond motifs is 4. The van der Waals surface area contributed by atoms with E-state index in [-0.39, 0.29) is 65.8 Å². The molecule has 9 atom stereocenters. The monoisotopic (exact) mass is 968 g/mol. The molecule has 0 aliphatic carbocycles. The number of phenols is 1. The highest BCUT2D eigenvalue weighted by atomic mass is 32.2. The molecular weight excluding hydrogens is 905 g/mol. The molecular formula is C45H64N10O10S2. The number of thioether (sulfide) groups is 1. The molecule has 8 amide bonds. The van der Waals surface area contributed by atoms with Gasteiger partial charge in [-0.1, -0.05) is 60.1 Å². The molecule has 2 aromatic rings. The van der Waals surface area contributed by atoms with Crippen molar-refractivity contribution < 1.29 is 48.6 Å². The van der Waals surface area contributed by atoms with Crippen molar-refractivity contribution in [3.63, 3.8) is 0 Å². The highest BCUT2D eigenvalue weighted by molar-refractivity contribution is 8.14. The maximum atomic E-state index is 14.4. The second-order valence-electron chi connectivity index (χ2n) is 18.2. The van der Waals surface area contributed by atoms with Crippen LogP contribution in [0.1, 0.15) is 107 Å². The molecule has 1 fully saturated rings. The molecule has 0 spiro atoms. The predicted octanol–water partition coefficient (Wildman–Crippen LogP) is 0.811. The van der Waals surface area contributed by atoms with Gasteiger partial charge in [0, 0.05) is 17.7 Å². The lowest BCUT2D eigenvalue weighted by Crippen LogP contribution is -2.58. The van der Waals surface area contributed by atoms with Crippen LogP contribution in [0.15, 0.2) is 34.6 Å². The van der Waals surface area contributed by atoms with Crippen molar-refractivity contribution in [3.05, 3.63) is 45.9 Å². The number of hydrogen-bond acceptors (Lipinski definition) is 14. The number of aliphatic hydroxyl groups is 1. The van der Waals surface area contributed by atoms with Crippen molar-refractivity contribution in [2.24, 2.45) is 28.5 Å². The Balaban J connectivity index is 1.55. The SMILES string of the molecule is CC[C@H](C)[C@@H]1NC(=O)[C@@H]2CSC(=N2)[C@H](CC(C)C)NC(=O)[C@H](CO)NC(=O)[C@@H]2CCCN2C(=O)[C@H](CC(N)=O)NC(=O)c2csc(n2)[C@H](Cc2ccc(O)cc2)NC(=O)[C@H](CC(C)C)NC1=O. The maximum Gasteiger partial charge on any atom is 0.271 e. The molecule has 20 nitrogen and oxygen atoms in total. The fourth-order valence-corrected chi connectivity index (χ4v) is 10.1. The summed E-state index contributed by atoms with van der Waals surface area (Å²) in [5.41, 5.74) is 6.09. The van der Waals surface area contributed by atoms with Crippen LogP contribution in [0.3, 0.4) is 0 Å². The van der Waals surface area contributed by atoms with Gasteiger partial charge < -0.3 is 52.7 Å².